The predicted octanol–water partition coefficient (Wildman–Crippen LogP) is 4.86. The zero-order chi connectivity index (χ0) is 18.8. The number of phenolic OH excluding ortho intramolecular Hbond substituents is 1. The number of nitrogens with zero attached hydrogens (tertiary/aromatic N) is 2. The molecule has 1 aliphatic heterocycles. The molecule has 0 saturated heterocycles. The Morgan fingerprint density at radius 1 is 1.35 bits per heavy atom. The molecule has 26 heavy (non-hydrogen) atoms. The van der Waals surface area contributed by atoms with E-state index in [1.165, 1.54) is 5.01 Å². The van der Waals surface area contributed by atoms with Gasteiger partial charge in [-0.15, -0.1) is 0 Å². The van der Waals surface area contributed by atoms with Crippen molar-refractivity contribution < 1.29 is 14.6 Å². The summed E-state index contributed by atoms with van der Waals surface area (Å²) in [5.41, 5.74) is 2.45. The highest BCUT2D eigenvalue weighted by molar-refractivity contribution is 14.1. The average Bonchev–Trinajstić information content (AvgIpc) is 2.87. The van der Waals surface area contributed by atoms with Crippen LogP contribution in [0.4, 0.5) is 5.69 Å². The van der Waals surface area contributed by atoms with Crippen LogP contribution in [0.15, 0.2) is 47.1 Å². The highest BCUT2D eigenvalue weighted by atomic mass is 127. The summed E-state index contributed by atoms with van der Waals surface area (Å²) in [4.78, 5) is 12.8. The Morgan fingerprint density at radius 3 is 2.81 bits per heavy atom. The topological polar surface area (TPSA) is 62.1 Å². The molecule has 134 valence electrons. The van der Waals surface area contributed by atoms with Gasteiger partial charge in [0.2, 0.25) is 0 Å². The molecule has 0 unspecified atom stereocenters. The van der Waals surface area contributed by atoms with Crippen LogP contribution in [0.3, 0.4) is 0 Å². The van der Waals surface area contributed by atoms with Crippen molar-refractivity contribution >= 4 is 57.6 Å². The van der Waals surface area contributed by atoms with Crippen molar-refractivity contribution in [1.82, 2.24) is 0 Å². The smallest absolute Gasteiger partial charge is 0.280 e. The second-order valence-electron chi connectivity index (χ2n) is 5.62. The van der Waals surface area contributed by atoms with Crippen molar-refractivity contribution in [2.24, 2.45) is 5.10 Å². The van der Waals surface area contributed by atoms with Gasteiger partial charge in [0.15, 0.2) is 11.5 Å². The van der Waals surface area contributed by atoms with Gasteiger partial charge in [0.05, 0.1) is 27.1 Å². The van der Waals surface area contributed by atoms with Gasteiger partial charge in [-0.2, -0.15) is 10.1 Å². The largest absolute Gasteiger partial charge is 0.504 e. The molecule has 0 atom stereocenters. The van der Waals surface area contributed by atoms with E-state index in [0.29, 0.717) is 37.9 Å². The molecule has 1 aliphatic rings. The van der Waals surface area contributed by atoms with Gasteiger partial charge in [-0.05, 0) is 78.4 Å². The molecule has 1 N–H and O–H groups in total. The Kier molecular flexibility index (Phi) is 5.52. The number of carbonyl (C=O) groups excluding carboxylic acids is 1. The van der Waals surface area contributed by atoms with Crippen LogP contribution in [-0.2, 0) is 4.79 Å². The van der Waals surface area contributed by atoms with Gasteiger partial charge in [-0.3, -0.25) is 4.79 Å². The molecule has 7 heteroatoms. The molecule has 0 radical (unpaired) electrons. The predicted molar refractivity (Wildman–Crippen MR) is 112 cm³/mol. The molecule has 0 bridgehead atoms. The van der Waals surface area contributed by atoms with E-state index in [-0.39, 0.29) is 11.7 Å². The van der Waals surface area contributed by atoms with Gasteiger partial charge >= 0.3 is 0 Å². The van der Waals surface area contributed by atoms with Crippen LogP contribution in [0, 0.1) is 3.57 Å². The van der Waals surface area contributed by atoms with E-state index < -0.39 is 0 Å². The molecular weight excluding hydrogens is 467 g/mol. The molecule has 3 rings (SSSR count). The third-order valence-corrected chi connectivity index (χ3v) is 4.83. The first kappa shape index (κ1) is 18.7. The summed E-state index contributed by atoms with van der Waals surface area (Å²) in [6.07, 6.45) is 1.75. The molecule has 1 amide bonds. The molecule has 0 spiro atoms. The van der Waals surface area contributed by atoms with Gasteiger partial charge in [-0.25, -0.2) is 0 Å². The minimum atomic E-state index is -0.231. The van der Waals surface area contributed by atoms with E-state index in [4.69, 9.17) is 16.3 Å². The number of anilines is 1. The fraction of sp³-hybridized carbons (Fsp3) is 0.158. The second-order valence-corrected chi connectivity index (χ2v) is 7.22. The van der Waals surface area contributed by atoms with Gasteiger partial charge in [0.25, 0.3) is 5.91 Å². The van der Waals surface area contributed by atoms with Crippen LogP contribution < -0.4 is 9.75 Å². The van der Waals surface area contributed by atoms with Crippen LogP contribution >= 0.6 is 34.2 Å². The fourth-order valence-corrected chi connectivity index (χ4v) is 3.39. The number of hydrazone groups is 1. The summed E-state index contributed by atoms with van der Waals surface area (Å²) in [5.74, 6) is 0.252. The number of rotatable bonds is 4. The molecule has 2 aromatic rings. The highest BCUT2D eigenvalue weighted by Gasteiger charge is 2.29. The third kappa shape index (κ3) is 3.71. The fourth-order valence-electron chi connectivity index (χ4n) is 2.58. The van der Waals surface area contributed by atoms with Crippen LogP contribution in [0.2, 0.25) is 5.02 Å². The van der Waals surface area contributed by atoms with E-state index in [1.807, 2.05) is 29.5 Å². The molecule has 0 aliphatic carbocycles. The molecule has 0 fully saturated rings. The Morgan fingerprint density at radius 2 is 2.12 bits per heavy atom. The van der Waals surface area contributed by atoms with Crippen LogP contribution in [0.1, 0.15) is 19.4 Å². The van der Waals surface area contributed by atoms with Crippen molar-refractivity contribution in [1.29, 1.82) is 0 Å². The normalized spacial score (nSPS) is 15.5. The van der Waals surface area contributed by atoms with Gasteiger partial charge < -0.3 is 9.84 Å². The zero-order valence-corrected chi connectivity index (χ0v) is 17.1. The Labute approximate surface area is 170 Å². The van der Waals surface area contributed by atoms with Crippen molar-refractivity contribution in [2.45, 2.75) is 13.8 Å². The van der Waals surface area contributed by atoms with Gasteiger partial charge in [-0.1, -0.05) is 17.7 Å². The number of benzene rings is 2. The molecule has 5 nitrogen and oxygen atoms in total. The summed E-state index contributed by atoms with van der Waals surface area (Å²) >= 11 is 8.04. The first-order chi connectivity index (χ1) is 12.4. The van der Waals surface area contributed by atoms with Crippen molar-refractivity contribution in [3.63, 3.8) is 0 Å². The number of hydrogen-bond donors (Lipinski definition) is 1. The molecule has 1 heterocycles. The first-order valence-corrected chi connectivity index (χ1v) is 9.39. The second kappa shape index (κ2) is 7.67. The lowest BCUT2D eigenvalue weighted by atomic mass is 10.1. The van der Waals surface area contributed by atoms with Gasteiger partial charge in [0, 0.05) is 5.02 Å². The number of amides is 1. The van der Waals surface area contributed by atoms with E-state index in [2.05, 4.69) is 5.10 Å². The van der Waals surface area contributed by atoms with Crippen LogP contribution in [-0.4, -0.2) is 23.3 Å². The quantitative estimate of drug-likeness (QED) is 0.500. The van der Waals surface area contributed by atoms with E-state index >= 15 is 0 Å². The molecule has 0 aromatic heterocycles. The van der Waals surface area contributed by atoms with Crippen LogP contribution in [0.25, 0.3) is 6.08 Å². The minimum absolute atomic E-state index is 0.0956. The van der Waals surface area contributed by atoms with E-state index in [9.17, 15) is 9.90 Å². The number of hydrogen-bond acceptors (Lipinski definition) is 4. The number of phenols is 1. The molecule has 0 saturated carbocycles. The minimum Gasteiger partial charge on any atom is -0.504 e. The lowest BCUT2D eigenvalue weighted by Crippen LogP contribution is -2.21. The Hall–Kier alpha value is -2.06. The summed E-state index contributed by atoms with van der Waals surface area (Å²) in [5, 5.41) is 16.3. The zero-order valence-electron chi connectivity index (χ0n) is 14.2. The Bertz CT molecular complexity index is 940. The van der Waals surface area contributed by atoms with Crippen LogP contribution in [0.5, 0.6) is 11.5 Å². The maximum Gasteiger partial charge on any atom is 0.280 e. The summed E-state index contributed by atoms with van der Waals surface area (Å²) < 4.78 is 6.10. The van der Waals surface area contributed by atoms with Crippen molar-refractivity contribution in [3.8, 4) is 11.5 Å². The van der Waals surface area contributed by atoms with Crippen molar-refractivity contribution in [3.05, 3.63) is 56.1 Å². The van der Waals surface area contributed by atoms with E-state index in [0.717, 1.165) is 5.56 Å². The Balaban J connectivity index is 1.98. The molecule has 2 aromatic carbocycles. The SMILES string of the molecule is CCOc1cc(/C=C2\C(=O)N(c3cccc(Cl)c3)N=C2C)cc(I)c1O. The van der Waals surface area contributed by atoms with Gasteiger partial charge in [0.1, 0.15) is 0 Å². The van der Waals surface area contributed by atoms with Crippen molar-refractivity contribution in [2.75, 3.05) is 11.6 Å². The lowest BCUT2D eigenvalue weighted by Gasteiger charge is -2.12. The van der Waals surface area contributed by atoms with E-state index in [1.54, 1.807) is 49.4 Å². The average molecular weight is 483 g/mol. The summed E-state index contributed by atoms with van der Waals surface area (Å²) in [6.45, 7) is 4.06. The monoisotopic (exact) mass is 482 g/mol. The highest BCUT2D eigenvalue weighted by Crippen LogP contribution is 2.34. The third-order valence-electron chi connectivity index (χ3n) is 3.78. The summed E-state index contributed by atoms with van der Waals surface area (Å²) in [6, 6.07) is 10.5. The number of halogens is 2. The maximum atomic E-state index is 12.8. The first-order valence-electron chi connectivity index (χ1n) is 7.93. The molecular formula is C19H16ClIN2O3. The number of aromatic hydroxyl groups is 1. The number of ether oxygens (including phenoxy) is 1. The standard InChI is InChI=1S/C19H16ClIN2O3/c1-3-26-17-9-12(8-16(21)18(17)24)7-15-11(2)22-23(19(15)25)14-6-4-5-13(20)10-14/h4-10,24H,3H2,1-2H3/b15-7-. The lowest BCUT2D eigenvalue weighted by molar-refractivity contribution is -0.114. The summed E-state index contributed by atoms with van der Waals surface area (Å²) in [7, 11) is 0. The number of carbonyl (C=O) groups is 1. The maximum absolute atomic E-state index is 12.8.